The van der Waals surface area contributed by atoms with Gasteiger partial charge in [0.1, 0.15) is 11.3 Å². The van der Waals surface area contributed by atoms with E-state index >= 15 is 0 Å². The van der Waals surface area contributed by atoms with Crippen molar-refractivity contribution < 1.29 is 4.74 Å². The van der Waals surface area contributed by atoms with Crippen molar-refractivity contribution in [2.24, 2.45) is 0 Å². The molecule has 0 aromatic carbocycles. The fourth-order valence-electron chi connectivity index (χ4n) is 3.80. The van der Waals surface area contributed by atoms with E-state index in [0.29, 0.717) is 12.0 Å². The molecule has 0 aliphatic carbocycles. The molecule has 4 heterocycles. The summed E-state index contributed by atoms with van der Waals surface area (Å²) in [6.45, 7) is 4.03. The van der Waals surface area contributed by atoms with Crippen LogP contribution in [0.2, 0.25) is 0 Å². The molecule has 2 saturated heterocycles. The molecule has 0 unspecified atom stereocenters. The number of fused-ring (bicyclic) bond motifs is 1. The molecule has 4 rings (SSSR count). The minimum atomic E-state index is 0.516. The average Bonchev–Trinajstić information content (AvgIpc) is 2.96. The van der Waals surface area contributed by atoms with E-state index in [1.807, 2.05) is 12.3 Å². The summed E-state index contributed by atoms with van der Waals surface area (Å²) in [5.74, 6) is 1.76. The van der Waals surface area contributed by atoms with Gasteiger partial charge in [-0.1, -0.05) is 0 Å². The van der Waals surface area contributed by atoms with Crippen molar-refractivity contribution in [1.29, 1.82) is 0 Å². The Balaban J connectivity index is 1.76. The lowest BCUT2D eigenvalue weighted by molar-refractivity contribution is 0.0820. The Morgan fingerprint density at radius 2 is 1.91 bits per heavy atom. The normalized spacial score (nSPS) is 22.4. The number of ether oxygens (including phenoxy) is 1. The van der Waals surface area contributed by atoms with Gasteiger partial charge in [-0.05, 0) is 58.0 Å². The predicted octanol–water partition coefficient (Wildman–Crippen LogP) is 2.59. The van der Waals surface area contributed by atoms with Crippen molar-refractivity contribution in [1.82, 2.24) is 19.4 Å². The first-order valence-corrected chi connectivity index (χ1v) is 8.42. The van der Waals surface area contributed by atoms with Crippen molar-refractivity contribution >= 4 is 11.2 Å². The second-order valence-electron chi connectivity index (χ2n) is 6.61. The van der Waals surface area contributed by atoms with Crippen molar-refractivity contribution in [3.05, 3.63) is 24.2 Å². The van der Waals surface area contributed by atoms with Gasteiger partial charge >= 0.3 is 0 Å². The van der Waals surface area contributed by atoms with Crippen LogP contribution in [0.5, 0.6) is 0 Å². The molecule has 22 heavy (non-hydrogen) atoms. The largest absolute Gasteiger partial charge is 0.381 e. The molecule has 118 valence electrons. The number of hydrogen-bond donors (Lipinski definition) is 0. The number of imidazole rings is 1. The number of hydrogen-bond acceptors (Lipinski definition) is 4. The zero-order valence-electron chi connectivity index (χ0n) is 13.2. The first-order valence-electron chi connectivity index (χ1n) is 8.42. The Morgan fingerprint density at radius 3 is 2.68 bits per heavy atom. The summed E-state index contributed by atoms with van der Waals surface area (Å²) in [5, 5.41) is 0. The lowest BCUT2D eigenvalue weighted by Crippen LogP contribution is -2.32. The monoisotopic (exact) mass is 300 g/mol. The van der Waals surface area contributed by atoms with Gasteiger partial charge in [-0.3, -0.25) is 0 Å². The fourth-order valence-corrected chi connectivity index (χ4v) is 3.80. The maximum atomic E-state index is 5.54. The molecule has 2 aliphatic heterocycles. The van der Waals surface area contributed by atoms with Crippen LogP contribution in [0.15, 0.2) is 18.3 Å². The number of rotatable bonds is 2. The second-order valence-corrected chi connectivity index (χ2v) is 6.61. The molecule has 0 atom stereocenters. The number of piperidine rings is 1. The van der Waals surface area contributed by atoms with Gasteiger partial charge in [0.05, 0.1) is 0 Å². The molecule has 2 fully saturated rings. The van der Waals surface area contributed by atoms with Gasteiger partial charge in [0.2, 0.25) is 0 Å². The van der Waals surface area contributed by atoms with Crippen LogP contribution in [0.4, 0.5) is 0 Å². The highest BCUT2D eigenvalue weighted by Crippen LogP contribution is 2.34. The first-order chi connectivity index (χ1) is 10.8. The van der Waals surface area contributed by atoms with Crippen molar-refractivity contribution in [3.8, 4) is 0 Å². The maximum absolute atomic E-state index is 5.54. The first kappa shape index (κ1) is 14.2. The summed E-state index contributed by atoms with van der Waals surface area (Å²) < 4.78 is 7.99. The van der Waals surface area contributed by atoms with Crippen LogP contribution in [-0.4, -0.2) is 52.8 Å². The smallest absolute Gasteiger partial charge is 0.160 e. The Hall–Kier alpha value is -1.46. The zero-order chi connectivity index (χ0) is 14.9. The number of likely N-dealkylation sites (tertiary alicyclic amines) is 1. The summed E-state index contributed by atoms with van der Waals surface area (Å²) >= 11 is 0. The van der Waals surface area contributed by atoms with E-state index in [2.05, 4.69) is 27.6 Å². The van der Waals surface area contributed by atoms with Crippen molar-refractivity contribution in [2.75, 3.05) is 33.4 Å². The Bertz CT molecular complexity index is 639. The summed E-state index contributed by atoms with van der Waals surface area (Å²) in [4.78, 5) is 12.0. The molecule has 2 aromatic heterocycles. The zero-order valence-corrected chi connectivity index (χ0v) is 13.2. The average molecular weight is 300 g/mol. The van der Waals surface area contributed by atoms with Crippen LogP contribution < -0.4 is 0 Å². The van der Waals surface area contributed by atoms with Gasteiger partial charge in [-0.2, -0.15) is 0 Å². The topological polar surface area (TPSA) is 43.2 Å². The standard InChI is InChI=1S/C17H24N4O/c1-20-9-4-14(5-10-20)21-16(13-6-11-22-12-7-13)19-15-3-2-8-18-17(15)21/h2-3,8,13-14H,4-7,9-12H2,1H3. The van der Waals surface area contributed by atoms with Crippen LogP contribution >= 0.6 is 0 Å². The number of aromatic nitrogens is 3. The van der Waals surface area contributed by atoms with Crippen LogP contribution in [0.25, 0.3) is 11.2 Å². The molecule has 0 bridgehead atoms. The highest BCUT2D eigenvalue weighted by molar-refractivity contribution is 5.71. The predicted molar refractivity (Wildman–Crippen MR) is 86.1 cm³/mol. The van der Waals surface area contributed by atoms with E-state index in [9.17, 15) is 0 Å². The van der Waals surface area contributed by atoms with Gasteiger partial charge in [0, 0.05) is 31.4 Å². The number of pyridine rings is 1. The lowest BCUT2D eigenvalue weighted by Gasteiger charge is -2.32. The van der Waals surface area contributed by atoms with Gasteiger partial charge in [-0.15, -0.1) is 0 Å². The minimum Gasteiger partial charge on any atom is -0.381 e. The lowest BCUT2D eigenvalue weighted by atomic mass is 9.98. The van der Waals surface area contributed by atoms with Gasteiger partial charge < -0.3 is 14.2 Å². The van der Waals surface area contributed by atoms with E-state index in [1.54, 1.807) is 0 Å². The fraction of sp³-hybridized carbons (Fsp3) is 0.647. The quantitative estimate of drug-likeness (QED) is 0.855. The van der Waals surface area contributed by atoms with E-state index in [4.69, 9.17) is 9.72 Å². The molecule has 5 nitrogen and oxygen atoms in total. The third-order valence-electron chi connectivity index (χ3n) is 5.12. The molecule has 2 aromatic rings. The number of nitrogens with zero attached hydrogens (tertiary/aromatic N) is 4. The molecule has 0 saturated carbocycles. The third-order valence-corrected chi connectivity index (χ3v) is 5.12. The molecular formula is C17H24N4O. The van der Waals surface area contributed by atoms with Crippen molar-refractivity contribution in [2.45, 2.75) is 37.6 Å². The molecule has 0 radical (unpaired) electrons. The third kappa shape index (κ3) is 2.52. The molecular weight excluding hydrogens is 276 g/mol. The Kier molecular flexibility index (Phi) is 3.84. The Labute approximate surface area is 131 Å². The molecule has 0 N–H and O–H groups in total. The van der Waals surface area contributed by atoms with Gasteiger partial charge in [-0.25, -0.2) is 9.97 Å². The van der Waals surface area contributed by atoms with Crippen LogP contribution in [-0.2, 0) is 4.74 Å². The van der Waals surface area contributed by atoms with Crippen LogP contribution in [0.1, 0.15) is 43.5 Å². The van der Waals surface area contributed by atoms with Gasteiger partial charge in [0.25, 0.3) is 0 Å². The Morgan fingerprint density at radius 1 is 1.14 bits per heavy atom. The maximum Gasteiger partial charge on any atom is 0.160 e. The molecule has 2 aliphatic rings. The van der Waals surface area contributed by atoms with Crippen LogP contribution in [0.3, 0.4) is 0 Å². The molecule has 5 heteroatoms. The highest BCUT2D eigenvalue weighted by Gasteiger charge is 2.28. The summed E-state index contributed by atoms with van der Waals surface area (Å²) in [5.41, 5.74) is 2.11. The SMILES string of the molecule is CN1CCC(n2c(C3CCOCC3)nc3cccnc32)CC1. The summed E-state index contributed by atoms with van der Waals surface area (Å²) in [6.07, 6.45) is 6.43. The summed E-state index contributed by atoms with van der Waals surface area (Å²) in [7, 11) is 2.21. The summed E-state index contributed by atoms with van der Waals surface area (Å²) in [6, 6.07) is 4.62. The van der Waals surface area contributed by atoms with Crippen LogP contribution in [0, 0.1) is 0 Å². The van der Waals surface area contributed by atoms with Gasteiger partial charge in [0.15, 0.2) is 5.65 Å². The van der Waals surface area contributed by atoms with Crippen molar-refractivity contribution in [3.63, 3.8) is 0 Å². The minimum absolute atomic E-state index is 0.516. The van der Waals surface area contributed by atoms with E-state index in [1.165, 1.54) is 18.7 Å². The highest BCUT2D eigenvalue weighted by atomic mass is 16.5. The van der Waals surface area contributed by atoms with E-state index < -0.39 is 0 Å². The van der Waals surface area contributed by atoms with E-state index in [0.717, 1.165) is 50.3 Å². The van der Waals surface area contributed by atoms with E-state index in [-0.39, 0.29) is 0 Å². The molecule has 0 spiro atoms. The molecule has 0 amide bonds. The second kappa shape index (κ2) is 5.97.